The molecule has 1 fully saturated rings. The van der Waals surface area contributed by atoms with Gasteiger partial charge in [0.1, 0.15) is 0 Å². The number of amides is 2. The summed E-state index contributed by atoms with van der Waals surface area (Å²) in [5.41, 5.74) is 9.13. The van der Waals surface area contributed by atoms with Gasteiger partial charge in [-0.3, -0.25) is 9.59 Å². The van der Waals surface area contributed by atoms with Crippen molar-refractivity contribution in [3.05, 3.63) is 59.5 Å². The average Bonchev–Trinajstić information content (AvgIpc) is 3.33. The Kier molecular flexibility index (Phi) is 4.71. The zero-order valence-electron chi connectivity index (χ0n) is 15.2. The van der Waals surface area contributed by atoms with E-state index < -0.39 is 5.91 Å². The average molecular weight is 364 g/mol. The standard InChI is InChI=1S/C21H24N4O2/c22-21(27)17-9-10-23-20(17)15-4-3-11-25(13-15)19(26)8-7-14-12-24-18-6-2-1-5-16(14)18/h1-2,5-6,9-10,12,15,23-24H,3-4,7-8,11,13H2,(H2,22,27). The first kappa shape index (κ1) is 17.4. The topological polar surface area (TPSA) is 95.0 Å². The molecule has 0 aliphatic carbocycles. The molecule has 4 N–H and O–H groups in total. The number of aromatic nitrogens is 2. The second-order valence-electron chi connectivity index (χ2n) is 7.21. The van der Waals surface area contributed by atoms with Crippen molar-refractivity contribution in [2.45, 2.75) is 31.6 Å². The van der Waals surface area contributed by atoms with Crippen LogP contribution in [0.2, 0.25) is 0 Å². The number of hydrogen-bond acceptors (Lipinski definition) is 2. The summed E-state index contributed by atoms with van der Waals surface area (Å²) in [4.78, 5) is 32.7. The zero-order chi connectivity index (χ0) is 18.8. The minimum absolute atomic E-state index is 0.133. The SMILES string of the molecule is NC(=O)c1cc[nH]c1C1CCCN(C(=O)CCc2c[nH]c3ccccc23)C1. The van der Waals surface area contributed by atoms with Crippen LogP contribution in [0.3, 0.4) is 0 Å². The third kappa shape index (κ3) is 3.47. The number of carbonyl (C=O) groups excluding carboxylic acids is 2. The van der Waals surface area contributed by atoms with Crippen molar-refractivity contribution >= 4 is 22.7 Å². The number of nitrogens with one attached hydrogen (secondary N) is 2. The van der Waals surface area contributed by atoms with Crippen LogP contribution in [0.25, 0.3) is 10.9 Å². The number of rotatable bonds is 5. The van der Waals surface area contributed by atoms with E-state index in [0.717, 1.165) is 37.0 Å². The lowest BCUT2D eigenvalue weighted by molar-refractivity contribution is -0.132. The molecule has 0 bridgehead atoms. The minimum Gasteiger partial charge on any atom is -0.366 e. The number of fused-ring (bicyclic) bond motifs is 1. The van der Waals surface area contributed by atoms with Crippen LogP contribution in [0, 0.1) is 0 Å². The molecule has 0 saturated carbocycles. The molecule has 0 radical (unpaired) electrons. The second kappa shape index (κ2) is 7.31. The number of nitrogens with two attached hydrogens (primary N) is 1. The second-order valence-corrected chi connectivity index (χ2v) is 7.21. The number of nitrogens with zero attached hydrogens (tertiary/aromatic N) is 1. The third-order valence-electron chi connectivity index (χ3n) is 5.51. The Bertz CT molecular complexity index is 971. The molecule has 0 spiro atoms. The fourth-order valence-corrected chi connectivity index (χ4v) is 4.11. The number of aryl methyl sites for hydroxylation is 1. The molecule has 140 valence electrons. The molecule has 3 aromatic rings. The number of aromatic amines is 2. The number of H-pyrrole nitrogens is 2. The molecule has 1 aromatic carbocycles. The van der Waals surface area contributed by atoms with Gasteiger partial charge in [-0.05, 0) is 37.0 Å². The summed E-state index contributed by atoms with van der Waals surface area (Å²) in [7, 11) is 0. The molecule has 6 nitrogen and oxygen atoms in total. The summed E-state index contributed by atoms with van der Waals surface area (Å²) >= 11 is 0. The van der Waals surface area contributed by atoms with E-state index >= 15 is 0 Å². The van der Waals surface area contributed by atoms with Crippen LogP contribution < -0.4 is 5.73 Å². The lowest BCUT2D eigenvalue weighted by atomic mass is 9.92. The largest absolute Gasteiger partial charge is 0.366 e. The summed E-state index contributed by atoms with van der Waals surface area (Å²) < 4.78 is 0. The van der Waals surface area contributed by atoms with Crippen LogP contribution in [-0.2, 0) is 11.2 Å². The van der Waals surface area contributed by atoms with E-state index in [1.807, 2.05) is 29.3 Å². The number of carbonyl (C=O) groups is 2. The minimum atomic E-state index is -0.422. The fourth-order valence-electron chi connectivity index (χ4n) is 4.11. The lowest BCUT2D eigenvalue weighted by Gasteiger charge is -2.33. The van der Waals surface area contributed by atoms with Crippen LogP contribution in [0.5, 0.6) is 0 Å². The van der Waals surface area contributed by atoms with Gasteiger partial charge >= 0.3 is 0 Å². The molecule has 3 heterocycles. The highest BCUT2D eigenvalue weighted by Gasteiger charge is 2.27. The van der Waals surface area contributed by atoms with E-state index in [1.165, 1.54) is 10.9 Å². The summed E-state index contributed by atoms with van der Waals surface area (Å²) in [6, 6.07) is 9.86. The first-order valence-electron chi connectivity index (χ1n) is 9.43. The van der Waals surface area contributed by atoms with Gasteiger partial charge in [0.25, 0.3) is 5.91 Å². The molecular weight excluding hydrogens is 340 g/mol. The number of hydrogen-bond donors (Lipinski definition) is 3. The number of benzene rings is 1. The van der Waals surface area contributed by atoms with Crippen molar-refractivity contribution < 1.29 is 9.59 Å². The molecule has 2 amide bonds. The number of para-hydroxylation sites is 1. The first-order valence-corrected chi connectivity index (χ1v) is 9.43. The summed E-state index contributed by atoms with van der Waals surface area (Å²) in [6.07, 6.45) is 6.83. The highest BCUT2D eigenvalue weighted by atomic mass is 16.2. The van der Waals surface area contributed by atoms with Gasteiger partial charge in [0, 0.05) is 54.4 Å². The molecule has 1 atom stereocenters. The third-order valence-corrected chi connectivity index (χ3v) is 5.51. The Balaban J connectivity index is 1.41. The Labute approximate surface area is 157 Å². The van der Waals surface area contributed by atoms with E-state index in [2.05, 4.69) is 16.0 Å². The quantitative estimate of drug-likeness (QED) is 0.649. The molecule has 1 unspecified atom stereocenters. The van der Waals surface area contributed by atoms with Crippen LogP contribution in [0.15, 0.2) is 42.7 Å². The van der Waals surface area contributed by atoms with Gasteiger partial charge < -0.3 is 20.6 Å². The Morgan fingerprint density at radius 1 is 1.19 bits per heavy atom. The van der Waals surface area contributed by atoms with E-state index in [1.54, 1.807) is 12.3 Å². The maximum absolute atomic E-state index is 12.8. The van der Waals surface area contributed by atoms with Crippen molar-refractivity contribution in [1.82, 2.24) is 14.9 Å². The monoisotopic (exact) mass is 364 g/mol. The van der Waals surface area contributed by atoms with Gasteiger partial charge in [0.15, 0.2) is 0 Å². The Morgan fingerprint density at radius 3 is 2.89 bits per heavy atom. The molecule has 4 rings (SSSR count). The predicted molar refractivity (Wildman–Crippen MR) is 104 cm³/mol. The van der Waals surface area contributed by atoms with E-state index in [9.17, 15) is 9.59 Å². The molecule has 6 heteroatoms. The first-order chi connectivity index (χ1) is 13.1. The number of likely N-dealkylation sites (tertiary alicyclic amines) is 1. The lowest BCUT2D eigenvalue weighted by Crippen LogP contribution is -2.39. The molecule has 1 saturated heterocycles. The highest BCUT2D eigenvalue weighted by Crippen LogP contribution is 2.29. The maximum Gasteiger partial charge on any atom is 0.250 e. The van der Waals surface area contributed by atoms with Crippen LogP contribution in [0.1, 0.15) is 46.8 Å². The maximum atomic E-state index is 12.8. The van der Waals surface area contributed by atoms with Crippen LogP contribution >= 0.6 is 0 Å². The molecule has 27 heavy (non-hydrogen) atoms. The normalized spacial score (nSPS) is 17.3. The van der Waals surface area contributed by atoms with Crippen molar-refractivity contribution in [1.29, 1.82) is 0 Å². The molecule has 1 aliphatic heterocycles. The van der Waals surface area contributed by atoms with Gasteiger partial charge in [-0.25, -0.2) is 0 Å². The van der Waals surface area contributed by atoms with E-state index in [4.69, 9.17) is 5.73 Å². The highest BCUT2D eigenvalue weighted by molar-refractivity contribution is 5.94. The number of primary amides is 1. The molecular formula is C21H24N4O2. The van der Waals surface area contributed by atoms with Crippen molar-refractivity contribution in [3.8, 4) is 0 Å². The summed E-state index contributed by atoms with van der Waals surface area (Å²) in [6.45, 7) is 1.41. The summed E-state index contributed by atoms with van der Waals surface area (Å²) in [5, 5.41) is 1.18. The van der Waals surface area contributed by atoms with Gasteiger partial charge in [-0.2, -0.15) is 0 Å². The van der Waals surface area contributed by atoms with E-state index in [0.29, 0.717) is 18.5 Å². The van der Waals surface area contributed by atoms with Crippen molar-refractivity contribution in [2.24, 2.45) is 5.73 Å². The van der Waals surface area contributed by atoms with Gasteiger partial charge in [-0.1, -0.05) is 18.2 Å². The van der Waals surface area contributed by atoms with Crippen molar-refractivity contribution in [2.75, 3.05) is 13.1 Å². The van der Waals surface area contributed by atoms with Crippen LogP contribution in [0.4, 0.5) is 0 Å². The molecule has 2 aromatic heterocycles. The zero-order valence-corrected chi connectivity index (χ0v) is 15.2. The van der Waals surface area contributed by atoms with Gasteiger partial charge in [0.2, 0.25) is 5.91 Å². The van der Waals surface area contributed by atoms with Gasteiger partial charge in [-0.15, -0.1) is 0 Å². The van der Waals surface area contributed by atoms with E-state index in [-0.39, 0.29) is 11.8 Å². The molecule has 1 aliphatic rings. The predicted octanol–water partition coefficient (Wildman–Crippen LogP) is 2.93. The Hall–Kier alpha value is -3.02. The summed E-state index contributed by atoms with van der Waals surface area (Å²) in [5.74, 6) is -0.125. The van der Waals surface area contributed by atoms with Gasteiger partial charge in [0.05, 0.1) is 5.56 Å². The fraction of sp³-hybridized carbons (Fsp3) is 0.333. The Morgan fingerprint density at radius 2 is 2.04 bits per heavy atom. The van der Waals surface area contributed by atoms with Crippen LogP contribution in [-0.4, -0.2) is 39.8 Å². The smallest absolute Gasteiger partial charge is 0.250 e. The number of piperidine rings is 1. The van der Waals surface area contributed by atoms with Crippen molar-refractivity contribution in [3.63, 3.8) is 0 Å².